The molecule has 1 unspecified atom stereocenters. The van der Waals surface area contributed by atoms with Crippen molar-refractivity contribution in [1.29, 1.82) is 0 Å². The van der Waals surface area contributed by atoms with Crippen molar-refractivity contribution in [3.05, 3.63) is 64.7 Å². The van der Waals surface area contributed by atoms with Crippen LogP contribution in [0.3, 0.4) is 0 Å². The van der Waals surface area contributed by atoms with Gasteiger partial charge in [-0.25, -0.2) is 0 Å². The van der Waals surface area contributed by atoms with Crippen LogP contribution in [0, 0.1) is 0 Å². The summed E-state index contributed by atoms with van der Waals surface area (Å²) in [6.45, 7) is 3.28. The second-order valence-electron chi connectivity index (χ2n) is 8.31. The van der Waals surface area contributed by atoms with Crippen LogP contribution in [-0.2, 0) is 10.4 Å². The van der Waals surface area contributed by atoms with Gasteiger partial charge >= 0.3 is 6.18 Å². The summed E-state index contributed by atoms with van der Waals surface area (Å²) in [4.78, 5) is 27.7. The number of benzene rings is 2. The summed E-state index contributed by atoms with van der Waals surface area (Å²) < 4.78 is 48.0. The average Bonchev–Trinajstić information content (AvgIpc) is 2.81. The standard InChI is InChI=1S/C25H30ClF3N2O4/c1-5-14-31(23(33)24(34,25(27,28)29)17-10-8-7-9-11-17)16-18(6-2)35-19-12-13-20(21(26)15-19)22(32)30(3)4/h7-13,15,18,34H,5-6,14,16H2,1-4H3/t18?,24-/m1/s1. The lowest BCUT2D eigenvalue weighted by Crippen LogP contribution is -2.57. The molecule has 1 N–H and O–H groups in total. The van der Waals surface area contributed by atoms with Gasteiger partial charge in [0.25, 0.3) is 17.4 Å². The van der Waals surface area contributed by atoms with E-state index in [4.69, 9.17) is 16.3 Å². The first-order valence-electron chi connectivity index (χ1n) is 11.2. The van der Waals surface area contributed by atoms with Crippen molar-refractivity contribution in [3.8, 4) is 5.75 Å². The Balaban J connectivity index is 2.31. The maximum absolute atomic E-state index is 14.0. The van der Waals surface area contributed by atoms with E-state index in [1.165, 1.54) is 41.3 Å². The smallest absolute Gasteiger partial charge is 0.430 e. The molecule has 10 heteroatoms. The van der Waals surface area contributed by atoms with Crippen LogP contribution in [0.15, 0.2) is 48.5 Å². The molecule has 0 aromatic heterocycles. The number of carbonyl (C=O) groups is 2. The summed E-state index contributed by atoms with van der Waals surface area (Å²) in [6, 6.07) is 10.8. The van der Waals surface area contributed by atoms with E-state index in [1.54, 1.807) is 27.9 Å². The van der Waals surface area contributed by atoms with Crippen LogP contribution in [0.5, 0.6) is 5.75 Å². The molecule has 0 aliphatic carbocycles. The lowest BCUT2D eigenvalue weighted by Gasteiger charge is -2.36. The van der Waals surface area contributed by atoms with Crippen molar-refractivity contribution in [3.63, 3.8) is 0 Å². The summed E-state index contributed by atoms with van der Waals surface area (Å²) in [5, 5.41) is 10.9. The van der Waals surface area contributed by atoms with E-state index in [0.717, 1.165) is 17.0 Å². The van der Waals surface area contributed by atoms with E-state index >= 15 is 0 Å². The number of carbonyl (C=O) groups excluding carboxylic acids is 2. The lowest BCUT2D eigenvalue weighted by atomic mass is 9.91. The highest BCUT2D eigenvalue weighted by Crippen LogP contribution is 2.40. The first-order chi connectivity index (χ1) is 16.4. The van der Waals surface area contributed by atoms with E-state index in [-0.39, 0.29) is 29.6 Å². The van der Waals surface area contributed by atoms with E-state index in [1.807, 2.05) is 0 Å². The van der Waals surface area contributed by atoms with Crippen molar-refractivity contribution < 1.29 is 32.6 Å². The molecule has 0 spiro atoms. The van der Waals surface area contributed by atoms with Gasteiger partial charge in [0.2, 0.25) is 0 Å². The lowest BCUT2D eigenvalue weighted by molar-refractivity contribution is -0.262. The second kappa shape index (κ2) is 11.8. The highest BCUT2D eigenvalue weighted by molar-refractivity contribution is 6.34. The number of hydrogen-bond acceptors (Lipinski definition) is 4. The molecule has 2 amide bonds. The summed E-state index contributed by atoms with van der Waals surface area (Å²) in [5.41, 5.74) is -3.97. The quantitative estimate of drug-likeness (QED) is 0.490. The van der Waals surface area contributed by atoms with Gasteiger partial charge in [-0.2, -0.15) is 13.2 Å². The van der Waals surface area contributed by atoms with Crippen molar-refractivity contribution >= 4 is 23.4 Å². The number of alkyl halides is 3. The Bertz CT molecular complexity index is 1020. The molecule has 0 aliphatic heterocycles. The number of aliphatic hydroxyl groups is 1. The number of amides is 2. The summed E-state index contributed by atoms with van der Waals surface area (Å²) in [5.74, 6) is -1.46. The highest BCUT2D eigenvalue weighted by Gasteiger charge is 2.62. The molecule has 6 nitrogen and oxygen atoms in total. The summed E-state index contributed by atoms with van der Waals surface area (Å²) in [7, 11) is 3.18. The van der Waals surface area contributed by atoms with Crippen LogP contribution in [0.4, 0.5) is 13.2 Å². The zero-order valence-corrected chi connectivity index (χ0v) is 20.9. The molecule has 192 valence electrons. The van der Waals surface area contributed by atoms with Crippen LogP contribution < -0.4 is 4.74 Å². The molecule has 35 heavy (non-hydrogen) atoms. The number of rotatable bonds is 10. The van der Waals surface area contributed by atoms with Gasteiger partial charge in [0.15, 0.2) is 0 Å². The Morgan fingerprint density at radius 1 is 1.09 bits per heavy atom. The molecule has 0 aliphatic rings. The minimum absolute atomic E-state index is 0.0129. The zero-order valence-electron chi connectivity index (χ0n) is 20.1. The molecule has 2 aromatic carbocycles. The van der Waals surface area contributed by atoms with E-state index in [9.17, 15) is 27.9 Å². The molecule has 2 aromatic rings. The molecule has 0 heterocycles. The maximum Gasteiger partial charge on any atom is 0.430 e. The fourth-order valence-electron chi connectivity index (χ4n) is 3.53. The minimum Gasteiger partial charge on any atom is -0.489 e. The van der Waals surface area contributed by atoms with Crippen LogP contribution >= 0.6 is 11.6 Å². The van der Waals surface area contributed by atoms with Gasteiger partial charge in [0, 0.05) is 26.2 Å². The Kier molecular flexibility index (Phi) is 9.57. The van der Waals surface area contributed by atoms with E-state index < -0.39 is 29.4 Å². The van der Waals surface area contributed by atoms with E-state index in [0.29, 0.717) is 18.6 Å². The first kappa shape index (κ1) is 28.5. The van der Waals surface area contributed by atoms with Crippen LogP contribution in [0.25, 0.3) is 0 Å². The number of nitrogens with zero attached hydrogens (tertiary/aromatic N) is 2. The van der Waals surface area contributed by atoms with Crippen LogP contribution in [0.1, 0.15) is 42.6 Å². The number of hydrogen-bond donors (Lipinski definition) is 1. The molecular weight excluding hydrogens is 485 g/mol. The third kappa shape index (κ3) is 6.46. The summed E-state index contributed by atoms with van der Waals surface area (Å²) >= 11 is 6.23. The van der Waals surface area contributed by atoms with Crippen molar-refractivity contribution in [2.45, 2.75) is 44.6 Å². The summed E-state index contributed by atoms with van der Waals surface area (Å²) in [6.07, 6.45) is -5.19. The highest BCUT2D eigenvalue weighted by atomic mass is 35.5. The number of halogens is 4. The topological polar surface area (TPSA) is 70.1 Å². The third-order valence-electron chi connectivity index (χ3n) is 5.45. The van der Waals surface area contributed by atoms with Gasteiger partial charge in [0.05, 0.1) is 17.1 Å². The average molecular weight is 515 g/mol. The van der Waals surface area contributed by atoms with Gasteiger partial charge < -0.3 is 19.6 Å². The normalized spacial score (nSPS) is 14.1. The van der Waals surface area contributed by atoms with Crippen molar-refractivity contribution in [1.82, 2.24) is 9.80 Å². The third-order valence-corrected chi connectivity index (χ3v) is 5.76. The van der Waals surface area contributed by atoms with Gasteiger partial charge in [-0.05, 0) is 31.0 Å². The Morgan fingerprint density at radius 3 is 2.20 bits per heavy atom. The predicted molar refractivity (Wildman–Crippen MR) is 127 cm³/mol. The van der Waals surface area contributed by atoms with Crippen molar-refractivity contribution in [2.75, 3.05) is 27.2 Å². The minimum atomic E-state index is -5.23. The molecule has 0 fully saturated rings. The molecule has 2 atom stereocenters. The molecule has 2 rings (SSSR count). The number of ether oxygens (including phenoxy) is 1. The zero-order chi connectivity index (χ0) is 26.4. The predicted octanol–water partition coefficient (Wildman–Crippen LogP) is 4.89. The molecule has 0 saturated heterocycles. The Hall–Kier alpha value is -2.78. The fourth-order valence-corrected chi connectivity index (χ4v) is 3.79. The van der Waals surface area contributed by atoms with Gasteiger partial charge in [0.1, 0.15) is 11.9 Å². The maximum atomic E-state index is 14.0. The van der Waals surface area contributed by atoms with E-state index in [2.05, 4.69) is 0 Å². The second-order valence-corrected chi connectivity index (χ2v) is 8.72. The monoisotopic (exact) mass is 514 g/mol. The fraction of sp³-hybridized carbons (Fsp3) is 0.440. The Labute approximate surface area is 208 Å². The first-order valence-corrected chi connectivity index (χ1v) is 11.6. The SMILES string of the molecule is CCCN(CC(CC)Oc1ccc(C(=O)N(C)C)c(Cl)c1)C(=O)[C@](O)(c1ccccc1)C(F)(F)F. The van der Waals surface area contributed by atoms with Gasteiger partial charge in [-0.1, -0.05) is 55.8 Å². The molecule has 0 bridgehead atoms. The molecular formula is C25H30ClF3N2O4. The largest absolute Gasteiger partial charge is 0.489 e. The van der Waals surface area contributed by atoms with Crippen LogP contribution in [0.2, 0.25) is 5.02 Å². The van der Waals surface area contributed by atoms with Crippen molar-refractivity contribution in [2.24, 2.45) is 0 Å². The van der Waals surface area contributed by atoms with Gasteiger partial charge in [-0.3, -0.25) is 9.59 Å². The molecule has 0 radical (unpaired) electrons. The van der Waals surface area contributed by atoms with Gasteiger partial charge in [-0.15, -0.1) is 0 Å². The van der Waals surface area contributed by atoms with Crippen LogP contribution in [-0.4, -0.2) is 66.2 Å². The Morgan fingerprint density at radius 2 is 1.71 bits per heavy atom. The molecule has 0 saturated carbocycles.